The van der Waals surface area contributed by atoms with Crippen LogP contribution in [-0.4, -0.2) is 26.1 Å². The summed E-state index contributed by atoms with van der Waals surface area (Å²) in [4.78, 5) is 12.1. The second kappa shape index (κ2) is 4.37. The number of sulfone groups is 1. The van der Waals surface area contributed by atoms with Crippen LogP contribution in [0.25, 0.3) is 0 Å². The van der Waals surface area contributed by atoms with Crippen molar-refractivity contribution in [2.45, 2.75) is 29.7 Å². The minimum Gasteiger partial charge on any atom is -0.324 e. The summed E-state index contributed by atoms with van der Waals surface area (Å²) in [5.74, 6) is -0.208. The molecule has 1 aromatic rings. The number of benzene rings is 1. The summed E-state index contributed by atoms with van der Waals surface area (Å²) >= 11 is 0. The summed E-state index contributed by atoms with van der Waals surface area (Å²) in [6, 6.07) is 6.07. The monoisotopic (exact) mass is 268 g/mol. The third-order valence-electron chi connectivity index (χ3n) is 3.24. The highest BCUT2D eigenvalue weighted by Crippen LogP contribution is 2.30. The van der Waals surface area contributed by atoms with Gasteiger partial charge in [0.1, 0.15) is 0 Å². The number of hydrogen-bond acceptors (Lipinski definition) is 4. The maximum atomic E-state index is 11.8. The first kappa shape index (κ1) is 13.0. The molecule has 1 aliphatic carbocycles. The number of carbonyl (C=O) groups is 1. The first-order valence-electron chi connectivity index (χ1n) is 5.72. The van der Waals surface area contributed by atoms with E-state index < -0.39 is 15.4 Å². The summed E-state index contributed by atoms with van der Waals surface area (Å²) in [5.41, 5.74) is 5.69. The van der Waals surface area contributed by atoms with Gasteiger partial charge in [-0.3, -0.25) is 4.79 Å². The van der Waals surface area contributed by atoms with Crippen LogP contribution in [0.4, 0.5) is 5.69 Å². The highest BCUT2D eigenvalue weighted by Gasteiger charge is 2.40. The largest absolute Gasteiger partial charge is 0.324 e. The average Bonchev–Trinajstić information content (AvgIpc) is 2.25. The van der Waals surface area contributed by atoms with Gasteiger partial charge in [0, 0.05) is 11.9 Å². The zero-order valence-corrected chi connectivity index (χ0v) is 11.0. The van der Waals surface area contributed by atoms with Crippen molar-refractivity contribution in [3.8, 4) is 0 Å². The molecule has 3 N–H and O–H groups in total. The summed E-state index contributed by atoms with van der Waals surface area (Å²) < 4.78 is 22.5. The van der Waals surface area contributed by atoms with Gasteiger partial charge < -0.3 is 11.1 Å². The van der Waals surface area contributed by atoms with E-state index in [4.69, 9.17) is 5.73 Å². The number of amides is 1. The van der Waals surface area contributed by atoms with Crippen LogP contribution in [0.15, 0.2) is 29.2 Å². The van der Waals surface area contributed by atoms with Crippen molar-refractivity contribution in [1.82, 2.24) is 0 Å². The molecule has 0 aliphatic heterocycles. The van der Waals surface area contributed by atoms with Crippen LogP contribution in [0.3, 0.4) is 0 Å². The van der Waals surface area contributed by atoms with Gasteiger partial charge in [-0.05, 0) is 43.5 Å². The van der Waals surface area contributed by atoms with Crippen LogP contribution in [0, 0.1) is 0 Å². The van der Waals surface area contributed by atoms with Gasteiger partial charge in [0.15, 0.2) is 9.84 Å². The molecule has 1 fully saturated rings. The van der Waals surface area contributed by atoms with Crippen LogP contribution in [0.2, 0.25) is 0 Å². The van der Waals surface area contributed by atoms with E-state index in [2.05, 4.69) is 5.32 Å². The predicted molar refractivity (Wildman–Crippen MR) is 69.0 cm³/mol. The van der Waals surface area contributed by atoms with Gasteiger partial charge in [-0.1, -0.05) is 0 Å². The minimum atomic E-state index is -3.21. The molecule has 1 saturated carbocycles. The summed E-state index contributed by atoms with van der Waals surface area (Å²) in [6.45, 7) is 0. The molecule has 5 nitrogen and oxygen atoms in total. The lowest BCUT2D eigenvalue weighted by atomic mass is 9.77. The van der Waals surface area contributed by atoms with Crippen molar-refractivity contribution in [3.05, 3.63) is 24.3 Å². The molecule has 0 aromatic heterocycles. The van der Waals surface area contributed by atoms with E-state index in [9.17, 15) is 13.2 Å². The molecule has 0 bridgehead atoms. The van der Waals surface area contributed by atoms with E-state index in [1.807, 2.05) is 0 Å². The lowest BCUT2D eigenvalue weighted by Gasteiger charge is -2.36. The third-order valence-corrected chi connectivity index (χ3v) is 4.37. The second-order valence-corrected chi connectivity index (χ2v) is 6.78. The smallest absolute Gasteiger partial charge is 0.244 e. The van der Waals surface area contributed by atoms with E-state index in [0.717, 1.165) is 12.7 Å². The molecule has 0 atom stereocenters. The Hall–Kier alpha value is -1.40. The summed E-state index contributed by atoms with van der Waals surface area (Å²) in [7, 11) is -3.21. The molecule has 0 unspecified atom stereocenters. The predicted octanol–water partition coefficient (Wildman–Crippen LogP) is 0.910. The first-order valence-corrected chi connectivity index (χ1v) is 7.61. The number of hydrogen-bond donors (Lipinski definition) is 2. The van der Waals surface area contributed by atoms with E-state index in [0.29, 0.717) is 18.5 Å². The Morgan fingerprint density at radius 1 is 1.28 bits per heavy atom. The van der Waals surface area contributed by atoms with Crippen molar-refractivity contribution < 1.29 is 13.2 Å². The van der Waals surface area contributed by atoms with E-state index >= 15 is 0 Å². The van der Waals surface area contributed by atoms with Gasteiger partial charge in [0.25, 0.3) is 0 Å². The second-order valence-electron chi connectivity index (χ2n) is 4.76. The molecule has 1 amide bonds. The normalized spacial score (nSPS) is 17.9. The summed E-state index contributed by atoms with van der Waals surface area (Å²) in [6.07, 6.45) is 3.50. The van der Waals surface area contributed by atoms with E-state index in [1.54, 1.807) is 12.1 Å². The highest BCUT2D eigenvalue weighted by molar-refractivity contribution is 7.90. The SMILES string of the molecule is CS(=O)(=O)c1ccc(NC(=O)C2(N)CCC2)cc1. The van der Waals surface area contributed by atoms with Crippen molar-refractivity contribution in [2.75, 3.05) is 11.6 Å². The van der Waals surface area contributed by atoms with Crippen LogP contribution < -0.4 is 11.1 Å². The third kappa shape index (κ3) is 2.54. The molecule has 0 radical (unpaired) electrons. The summed E-state index contributed by atoms with van der Waals surface area (Å²) in [5, 5.41) is 2.70. The van der Waals surface area contributed by atoms with Gasteiger partial charge >= 0.3 is 0 Å². The standard InChI is InChI=1S/C12H16N2O3S/c1-18(16,17)10-5-3-9(4-6-10)14-11(15)12(13)7-2-8-12/h3-6H,2,7-8,13H2,1H3,(H,14,15). The first-order chi connectivity index (χ1) is 8.31. The van der Waals surface area contributed by atoms with Gasteiger partial charge in [-0.25, -0.2) is 8.42 Å². The molecule has 0 heterocycles. The number of rotatable bonds is 3. The van der Waals surface area contributed by atoms with Crippen LogP contribution in [0.5, 0.6) is 0 Å². The molecule has 1 aliphatic rings. The molecule has 18 heavy (non-hydrogen) atoms. The fourth-order valence-corrected chi connectivity index (χ4v) is 2.46. The number of carbonyl (C=O) groups excluding carboxylic acids is 1. The lowest BCUT2D eigenvalue weighted by molar-refractivity contribution is -0.123. The molecular formula is C12H16N2O3S. The number of nitrogens with one attached hydrogen (secondary N) is 1. The van der Waals surface area contributed by atoms with E-state index in [1.165, 1.54) is 12.1 Å². The van der Waals surface area contributed by atoms with Crippen molar-refractivity contribution in [1.29, 1.82) is 0 Å². The Morgan fingerprint density at radius 2 is 1.83 bits per heavy atom. The number of anilines is 1. The zero-order valence-electron chi connectivity index (χ0n) is 10.1. The van der Waals surface area contributed by atoms with Crippen molar-refractivity contribution >= 4 is 21.4 Å². The van der Waals surface area contributed by atoms with Gasteiger partial charge in [0.2, 0.25) is 5.91 Å². The Balaban J connectivity index is 2.09. The van der Waals surface area contributed by atoms with Crippen molar-refractivity contribution in [2.24, 2.45) is 5.73 Å². The number of nitrogens with two attached hydrogens (primary N) is 1. The molecule has 0 saturated heterocycles. The molecule has 98 valence electrons. The zero-order chi connectivity index (χ0) is 13.4. The fraction of sp³-hybridized carbons (Fsp3) is 0.417. The van der Waals surface area contributed by atoms with E-state index in [-0.39, 0.29) is 10.8 Å². The topological polar surface area (TPSA) is 89.3 Å². The van der Waals surface area contributed by atoms with Crippen LogP contribution in [-0.2, 0) is 14.6 Å². The maximum absolute atomic E-state index is 11.8. The van der Waals surface area contributed by atoms with Crippen molar-refractivity contribution in [3.63, 3.8) is 0 Å². The minimum absolute atomic E-state index is 0.208. The van der Waals surface area contributed by atoms with Crippen LogP contribution >= 0.6 is 0 Å². The Kier molecular flexibility index (Phi) is 3.16. The van der Waals surface area contributed by atoms with Crippen LogP contribution in [0.1, 0.15) is 19.3 Å². The van der Waals surface area contributed by atoms with Gasteiger partial charge in [0.05, 0.1) is 10.4 Å². The molecule has 6 heteroatoms. The maximum Gasteiger partial charge on any atom is 0.244 e. The Labute approximate surface area is 106 Å². The molecule has 2 rings (SSSR count). The molecular weight excluding hydrogens is 252 g/mol. The lowest BCUT2D eigenvalue weighted by Crippen LogP contribution is -2.56. The average molecular weight is 268 g/mol. The fourth-order valence-electron chi connectivity index (χ4n) is 1.83. The Morgan fingerprint density at radius 3 is 2.22 bits per heavy atom. The quantitative estimate of drug-likeness (QED) is 0.852. The molecule has 1 aromatic carbocycles. The van der Waals surface area contributed by atoms with Gasteiger partial charge in [-0.2, -0.15) is 0 Å². The van der Waals surface area contributed by atoms with Gasteiger partial charge in [-0.15, -0.1) is 0 Å². The molecule has 0 spiro atoms. The highest BCUT2D eigenvalue weighted by atomic mass is 32.2. The Bertz CT molecular complexity index is 559.